The minimum absolute atomic E-state index is 0.164. The van der Waals surface area contributed by atoms with E-state index in [1.54, 1.807) is 11.0 Å². The minimum Gasteiger partial charge on any atom is -0.490 e. The molecular weight excluding hydrogens is 484 g/mol. The molecule has 10 nitrogen and oxygen atoms in total. The first-order chi connectivity index (χ1) is 18.1. The fraction of sp³-hybridized carbons (Fsp3) is 0.464. The van der Waals surface area contributed by atoms with Gasteiger partial charge in [-0.15, -0.1) is 0 Å². The summed E-state index contributed by atoms with van der Waals surface area (Å²) in [5, 5.41) is 8.00. The zero-order valence-corrected chi connectivity index (χ0v) is 22.3. The van der Waals surface area contributed by atoms with Gasteiger partial charge in [0.2, 0.25) is 0 Å². The number of fused-ring (bicyclic) bond motifs is 1. The van der Waals surface area contributed by atoms with Crippen LogP contribution < -0.4 is 21.1 Å². The molecule has 2 heterocycles. The molecular formula is C28H36N6O4. The number of piperazine rings is 1. The molecule has 1 saturated carbocycles. The molecule has 2 amide bonds. The Morgan fingerprint density at radius 3 is 2.39 bits per heavy atom. The molecule has 0 atom stereocenters. The van der Waals surface area contributed by atoms with Crippen LogP contribution in [0, 0.1) is 0 Å². The fourth-order valence-corrected chi connectivity index (χ4v) is 5.23. The SMILES string of the molecule is CC(C)(C)OC(=O)N1CCN(c2cc(-c3cc(OC4CCCC4)c4c(N)n[nH]c4c3)ccc2C(N)=O)CC1. The first-order valence-corrected chi connectivity index (χ1v) is 13.2. The van der Waals surface area contributed by atoms with Crippen LogP contribution in [-0.4, -0.2) is 65.0 Å². The molecule has 2 aromatic carbocycles. The number of nitrogens with one attached hydrogen (secondary N) is 1. The first-order valence-electron chi connectivity index (χ1n) is 13.2. The summed E-state index contributed by atoms with van der Waals surface area (Å²) in [5.41, 5.74) is 15.2. The molecule has 0 radical (unpaired) electrons. The molecule has 2 fully saturated rings. The molecule has 0 spiro atoms. The van der Waals surface area contributed by atoms with Crippen LogP contribution >= 0.6 is 0 Å². The molecule has 10 heteroatoms. The molecule has 0 bridgehead atoms. The Kier molecular flexibility index (Phi) is 6.81. The average Bonchev–Trinajstić information content (AvgIpc) is 3.52. The van der Waals surface area contributed by atoms with E-state index in [2.05, 4.69) is 15.1 Å². The van der Waals surface area contributed by atoms with Gasteiger partial charge in [0.05, 0.1) is 28.3 Å². The summed E-state index contributed by atoms with van der Waals surface area (Å²) in [5.74, 6) is 0.623. The summed E-state index contributed by atoms with van der Waals surface area (Å²) in [4.78, 5) is 28.6. The van der Waals surface area contributed by atoms with Gasteiger partial charge in [0.25, 0.3) is 5.91 Å². The Morgan fingerprint density at radius 1 is 1.03 bits per heavy atom. The number of aromatic nitrogens is 2. The van der Waals surface area contributed by atoms with Gasteiger partial charge in [-0.1, -0.05) is 6.07 Å². The Morgan fingerprint density at radius 2 is 1.74 bits per heavy atom. The number of primary amides is 1. The van der Waals surface area contributed by atoms with E-state index in [-0.39, 0.29) is 12.2 Å². The third-order valence-electron chi connectivity index (χ3n) is 7.12. The largest absolute Gasteiger partial charge is 0.490 e. The number of rotatable bonds is 5. The van der Waals surface area contributed by atoms with Gasteiger partial charge < -0.3 is 30.7 Å². The molecule has 5 N–H and O–H groups in total. The van der Waals surface area contributed by atoms with E-state index in [0.29, 0.717) is 43.3 Å². The third-order valence-corrected chi connectivity index (χ3v) is 7.12. The van der Waals surface area contributed by atoms with E-state index in [4.69, 9.17) is 20.9 Å². The second-order valence-electron chi connectivity index (χ2n) is 11.1. The Hall–Kier alpha value is -3.95. The summed E-state index contributed by atoms with van der Waals surface area (Å²) in [6.07, 6.45) is 4.20. The zero-order chi connectivity index (χ0) is 27.0. The number of nitrogens with zero attached hydrogens (tertiary/aromatic N) is 3. The number of carbonyl (C=O) groups excluding carboxylic acids is 2. The van der Waals surface area contributed by atoms with Crippen molar-refractivity contribution in [2.75, 3.05) is 36.8 Å². The number of benzene rings is 2. The normalized spacial score (nSPS) is 16.7. The van der Waals surface area contributed by atoms with Gasteiger partial charge in [0.1, 0.15) is 11.4 Å². The molecule has 5 rings (SSSR count). The van der Waals surface area contributed by atoms with Crippen LogP contribution in [0.4, 0.5) is 16.3 Å². The van der Waals surface area contributed by atoms with Crippen molar-refractivity contribution >= 4 is 34.4 Å². The molecule has 1 saturated heterocycles. The number of nitrogen functional groups attached to an aromatic ring is 1. The molecule has 1 aromatic heterocycles. The van der Waals surface area contributed by atoms with Gasteiger partial charge in [0.15, 0.2) is 5.82 Å². The quantitative estimate of drug-likeness (QED) is 0.456. The van der Waals surface area contributed by atoms with Crippen molar-refractivity contribution < 1.29 is 19.1 Å². The number of anilines is 2. The Bertz CT molecular complexity index is 1350. The molecule has 38 heavy (non-hydrogen) atoms. The van der Waals surface area contributed by atoms with E-state index in [0.717, 1.165) is 53.4 Å². The molecule has 202 valence electrons. The lowest BCUT2D eigenvalue weighted by Crippen LogP contribution is -2.50. The highest BCUT2D eigenvalue weighted by Crippen LogP contribution is 2.38. The summed E-state index contributed by atoms with van der Waals surface area (Å²) >= 11 is 0. The lowest BCUT2D eigenvalue weighted by molar-refractivity contribution is 0.0240. The second kappa shape index (κ2) is 10.1. The number of H-pyrrole nitrogens is 1. The molecule has 2 aliphatic rings. The number of hydrogen-bond acceptors (Lipinski definition) is 7. The average molecular weight is 521 g/mol. The van der Waals surface area contributed by atoms with Crippen molar-refractivity contribution in [3.63, 3.8) is 0 Å². The minimum atomic E-state index is -0.553. The zero-order valence-electron chi connectivity index (χ0n) is 22.3. The first kappa shape index (κ1) is 25.7. The van der Waals surface area contributed by atoms with Crippen molar-refractivity contribution in [2.45, 2.75) is 58.2 Å². The van der Waals surface area contributed by atoms with Gasteiger partial charge in [-0.3, -0.25) is 9.89 Å². The van der Waals surface area contributed by atoms with Crippen molar-refractivity contribution in [1.82, 2.24) is 15.1 Å². The fourth-order valence-electron chi connectivity index (χ4n) is 5.23. The highest BCUT2D eigenvalue weighted by atomic mass is 16.6. The monoisotopic (exact) mass is 520 g/mol. The predicted molar refractivity (Wildman–Crippen MR) is 147 cm³/mol. The molecule has 0 unspecified atom stereocenters. The van der Waals surface area contributed by atoms with E-state index in [9.17, 15) is 9.59 Å². The summed E-state index contributed by atoms with van der Waals surface area (Å²) in [6, 6.07) is 9.61. The van der Waals surface area contributed by atoms with Crippen LogP contribution in [0.15, 0.2) is 30.3 Å². The van der Waals surface area contributed by atoms with Crippen LogP contribution in [0.1, 0.15) is 56.8 Å². The predicted octanol–water partition coefficient (Wildman–Crippen LogP) is 4.29. The van der Waals surface area contributed by atoms with E-state index in [1.165, 1.54) is 0 Å². The Labute approximate surface area is 222 Å². The maximum Gasteiger partial charge on any atom is 0.410 e. The Balaban J connectivity index is 1.44. The van der Waals surface area contributed by atoms with Crippen molar-refractivity contribution in [3.8, 4) is 16.9 Å². The summed E-state index contributed by atoms with van der Waals surface area (Å²) in [6.45, 7) is 7.62. The highest BCUT2D eigenvalue weighted by molar-refractivity contribution is 6.01. The van der Waals surface area contributed by atoms with Crippen LogP contribution in [0.2, 0.25) is 0 Å². The van der Waals surface area contributed by atoms with E-state index in [1.807, 2.05) is 45.0 Å². The van der Waals surface area contributed by atoms with E-state index >= 15 is 0 Å². The van der Waals surface area contributed by atoms with Crippen molar-refractivity contribution in [2.24, 2.45) is 5.73 Å². The lowest BCUT2D eigenvalue weighted by Gasteiger charge is -2.37. The van der Waals surface area contributed by atoms with Crippen LogP contribution in [-0.2, 0) is 4.74 Å². The summed E-state index contributed by atoms with van der Waals surface area (Å²) in [7, 11) is 0. The van der Waals surface area contributed by atoms with Gasteiger partial charge in [-0.2, -0.15) is 5.10 Å². The van der Waals surface area contributed by atoms with Crippen molar-refractivity contribution in [3.05, 3.63) is 35.9 Å². The van der Waals surface area contributed by atoms with Gasteiger partial charge >= 0.3 is 6.09 Å². The number of amides is 2. The number of carbonyl (C=O) groups is 2. The van der Waals surface area contributed by atoms with E-state index < -0.39 is 11.5 Å². The number of hydrogen-bond donors (Lipinski definition) is 3. The van der Waals surface area contributed by atoms with Gasteiger partial charge in [0, 0.05) is 26.2 Å². The number of aromatic amines is 1. The smallest absolute Gasteiger partial charge is 0.410 e. The van der Waals surface area contributed by atoms with Crippen molar-refractivity contribution in [1.29, 1.82) is 0 Å². The lowest BCUT2D eigenvalue weighted by atomic mass is 9.99. The van der Waals surface area contributed by atoms with Crippen LogP contribution in [0.5, 0.6) is 5.75 Å². The number of ether oxygens (including phenoxy) is 2. The maximum atomic E-state index is 12.5. The van der Waals surface area contributed by atoms with Crippen LogP contribution in [0.3, 0.4) is 0 Å². The van der Waals surface area contributed by atoms with Crippen LogP contribution in [0.25, 0.3) is 22.0 Å². The summed E-state index contributed by atoms with van der Waals surface area (Å²) < 4.78 is 11.9. The third kappa shape index (κ3) is 5.34. The second-order valence-corrected chi connectivity index (χ2v) is 11.1. The van der Waals surface area contributed by atoms with Gasteiger partial charge in [-0.25, -0.2) is 4.79 Å². The number of nitrogens with two attached hydrogens (primary N) is 2. The molecule has 1 aliphatic heterocycles. The topological polar surface area (TPSA) is 140 Å². The standard InChI is InChI=1S/C28H36N6O4/c1-28(2,3)38-27(36)34-12-10-33(11-13-34)22-15-17(8-9-20(22)26(30)35)18-14-21-24(25(29)32-31-21)23(16-18)37-19-6-4-5-7-19/h8-9,14-16,19H,4-7,10-13H2,1-3H3,(H2,30,35)(H3,29,31,32). The molecule has 3 aromatic rings. The highest BCUT2D eigenvalue weighted by Gasteiger charge is 2.28. The maximum absolute atomic E-state index is 12.5. The molecule has 1 aliphatic carbocycles. The van der Waals surface area contributed by atoms with Gasteiger partial charge in [-0.05, 0) is 81.8 Å².